The Balaban J connectivity index is 1.58. The molecule has 220 valence electrons. The van der Waals surface area contributed by atoms with E-state index in [2.05, 4.69) is 5.32 Å². The van der Waals surface area contributed by atoms with Crippen molar-refractivity contribution in [3.63, 3.8) is 0 Å². The Hall–Kier alpha value is -3.82. The van der Waals surface area contributed by atoms with Crippen molar-refractivity contribution in [2.45, 2.75) is 44.4 Å². The van der Waals surface area contributed by atoms with E-state index in [9.17, 15) is 24.3 Å². The number of carbonyl (C=O) groups is 4. The lowest BCUT2D eigenvalue weighted by atomic mass is 10.0. The topological polar surface area (TPSA) is 107 Å². The number of nitrogens with one attached hydrogen (secondary N) is 1. The molecular formula is C32H34ClN3O5S. The first-order valence-electron chi connectivity index (χ1n) is 13.9. The van der Waals surface area contributed by atoms with Crippen LogP contribution in [0.3, 0.4) is 0 Å². The van der Waals surface area contributed by atoms with Crippen molar-refractivity contribution >= 4 is 64.1 Å². The highest BCUT2D eigenvalue weighted by Gasteiger charge is 2.33. The number of halogens is 1. The average Bonchev–Trinajstić information content (AvgIpc) is 2.96. The summed E-state index contributed by atoms with van der Waals surface area (Å²) >= 11 is 7.26. The first-order chi connectivity index (χ1) is 20.1. The Bertz CT molecular complexity index is 1460. The molecule has 2 N–H and O–H groups in total. The van der Waals surface area contributed by atoms with E-state index in [1.807, 2.05) is 38.1 Å². The summed E-state index contributed by atoms with van der Waals surface area (Å²) in [5, 5.41) is 12.8. The number of hydrogen-bond donors (Lipinski definition) is 2. The smallest absolute Gasteiger partial charge is 0.307 e. The van der Waals surface area contributed by atoms with Crippen LogP contribution in [0.4, 0.5) is 17.1 Å². The van der Waals surface area contributed by atoms with Crippen molar-refractivity contribution in [3.8, 4) is 0 Å². The van der Waals surface area contributed by atoms with Crippen molar-refractivity contribution < 1.29 is 24.3 Å². The van der Waals surface area contributed by atoms with Gasteiger partial charge in [0.05, 0.1) is 23.5 Å². The normalized spacial score (nSPS) is 13.5. The van der Waals surface area contributed by atoms with Crippen LogP contribution in [0.1, 0.15) is 37.8 Å². The van der Waals surface area contributed by atoms with E-state index in [1.165, 1.54) is 16.7 Å². The molecule has 0 aromatic heterocycles. The van der Waals surface area contributed by atoms with Crippen LogP contribution in [0.15, 0.2) is 71.6 Å². The molecule has 4 rings (SSSR count). The van der Waals surface area contributed by atoms with Gasteiger partial charge in [0.25, 0.3) is 0 Å². The Morgan fingerprint density at radius 3 is 2.50 bits per heavy atom. The molecule has 0 aliphatic carbocycles. The zero-order chi connectivity index (χ0) is 30.2. The maximum atomic E-state index is 13.6. The fourth-order valence-corrected chi connectivity index (χ4v) is 5.75. The van der Waals surface area contributed by atoms with Crippen LogP contribution in [0.25, 0.3) is 0 Å². The summed E-state index contributed by atoms with van der Waals surface area (Å²) in [5.74, 6) is -1.32. The van der Waals surface area contributed by atoms with Crippen LogP contribution in [0.5, 0.6) is 0 Å². The Morgan fingerprint density at radius 2 is 1.79 bits per heavy atom. The summed E-state index contributed by atoms with van der Waals surface area (Å²) in [6.07, 6.45) is 1.72. The number of nitrogens with zero attached hydrogens (tertiary/aromatic N) is 2. The number of rotatable bonds is 12. The molecule has 1 heterocycles. The highest BCUT2D eigenvalue weighted by molar-refractivity contribution is 8.00. The van der Waals surface area contributed by atoms with E-state index in [0.717, 1.165) is 12.0 Å². The predicted molar refractivity (Wildman–Crippen MR) is 168 cm³/mol. The van der Waals surface area contributed by atoms with Gasteiger partial charge in [-0.3, -0.25) is 19.2 Å². The highest BCUT2D eigenvalue weighted by atomic mass is 35.5. The zero-order valence-electron chi connectivity index (χ0n) is 23.6. The molecule has 1 aliphatic heterocycles. The summed E-state index contributed by atoms with van der Waals surface area (Å²) in [4.78, 5) is 54.7. The number of amides is 3. The van der Waals surface area contributed by atoms with E-state index in [4.69, 9.17) is 11.6 Å². The third kappa shape index (κ3) is 8.14. The standard InChI is InChI=1S/C32H34ClN3O5S/c1-3-21(2)16-29(37)34-25-12-13-26-27(18-25)36(19-30(38)35(26)15-14-22-8-10-24(33)11-9-22)31(39)20-42-28-7-5-4-6-23(28)17-32(40)41/h4-13,18,21H,3,14-17,19-20H2,1-2H3,(H,34,37)(H,40,41)/t21-/m1/s1. The van der Waals surface area contributed by atoms with Crippen molar-refractivity contribution in [2.75, 3.05) is 34.0 Å². The number of aliphatic carboxylic acids is 1. The molecule has 10 heteroatoms. The van der Waals surface area contributed by atoms with Crippen LogP contribution < -0.4 is 15.1 Å². The van der Waals surface area contributed by atoms with Crippen LogP contribution in [-0.2, 0) is 32.0 Å². The maximum absolute atomic E-state index is 13.6. The van der Waals surface area contributed by atoms with Crippen molar-refractivity contribution in [1.82, 2.24) is 0 Å². The van der Waals surface area contributed by atoms with Crippen molar-refractivity contribution in [2.24, 2.45) is 5.92 Å². The molecule has 8 nitrogen and oxygen atoms in total. The van der Waals surface area contributed by atoms with Gasteiger partial charge < -0.3 is 20.2 Å². The van der Waals surface area contributed by atoms with Gasteiger partial charge >= 0.3 is 5.97 Å². The minimum absolute atomic E-state index is 0.0126. The lowest BCUT2D eigenvalue weighted by Gasteiger charge is -2.36. The van der Waals surface area contributed by atoms with Crippen LogP contribution in [0.2, 0.25) is 5.02 Å². The van der Waals surface area contributed by atoms with E-state index in [-0.39, 0.29) is 42.4 Å². The van der Waals surface area contributed by atoms with E-state index in [0.29, 0.717) is 51.9 Å². The van der Waals surface area contributed by atoms with E-state index < -0.39 is 5.97 Å². The van der Waals surface area contributed by atoms with E-state index in [1.54, 1.807) is 47.4 Å². The fourth-order valence-electron chi connectivity index (χ4n) is 4.69. The molecule has 3 aromatic rings. The fraction of sp³-hybridized carbons (Fsp3) is 0.312. The van der Waals surface area contributed by atoms with Crippen molar-refractivity contribution in [1.29, 1.82) is 0 Å². The lowest BCUT2D eigenvalue weighted by molar-refractivity contribution is -0.136. The van der Waals surface area contributed by atoms with Crippen LogP contribution in [0, 0.1) is 5.92 Å². The molecule has 1 atom stereocenters. The third-order valence-corrected chi connectivity index (χ3v) is 8.52. The molecule has 0 fully saturated rings. The van der Waals surface area contributed by atoms with Gasteiger partial charge in [0.2, 0.25) is 17.7 Å². The molecular weight excluding hydrogens is 574 g/mol. The number of fused-ring (bicyclic) bond motifs is 1. The summed E-state index contributed by atoms with van der Waals surface area (Å²) in [7, 11) is 0. The minimum atomic E-state index is -0.952. The number of carboxylic acid groups (broad SMARTS) is 1. The Kier molecular flexibility index (Phi) is 10.7. The van der Waals surface area contributed by atoms with Gasteiger partial charge in [-0.25, -0.2) is 0 Å². The molecule has 3 amide bonds. The predicted octanol–water partition coefficient (Wildman–Crippen LogP) is 6.06. The highest BCUT2D eigenvalue weighted by Crippen LogP contribution is 2.37. The number of thioether (sulfide) groups is 1. The van der Waals surface area contributed by atoms with Gasteiger partial charge in [-0.1, -0.05) is 62.2 Å². The Labute approximate surface area is 255 Å². The van der Waals surface area contributed by atoms with Crippen LogP contribution >= 0.6 is 23.4 Å². The second kappa shape index (κ2) is 14.4. The van der Waals surface area contributed by atoms with Gasteiger partial charge in [-0.2, -0.15) is 0 Å². The molecule has 0 spiro atoms. The zero-order valence-corrected chi connectivity index (χ0v) is 25.2. The summed E-state index contributed by atoms with van der Waals surface area (Å²) in [5.41, 5.74) is 3.32. The molecule has 0 saturated carbocycles. The first-order valence-corrected chi connectivity index (χ1v) is 15.2. The van der Waals surface area contributed by atoms with Crippen molar-refractivity contribution in [3.05, 3.63) is 82.9 Å². The lowest BCUT2D eigenvalue weighted by Crippen LogP contribution is -2.49. The molecule has 3 aromatic carbocycles. The monoisotopic (exact) mass is 607 g/mol. The summed E-state index contributed by atoms with van der Waals surface area (Å²) in [6, 6.07) is 19.8. The quantitative estimate of drug-likeness (QED) is 0.243. The number of carbonyl (C=O) groups excluding carboxylic acids is 3. The Morgan fingerprint density at radius 1 is 1.05 bits per heavy atom. The minimum Gasteiger partial charge on any atom is -0.481 e. The average molecular weight is 608 g/mol. The summed E-state index contributed by atoms with van der Waals surface area (Å²) in [6.45, 7) is 4.32. The number of hydrogen-bond acceptors (Lipinski definition) is 5. The van der Waals surface area contributed by atoms with Gasteiger partial charge in [0.1, 0.15) is 6.54 Å². The second-order valence-corrected chi connectivity index (χ2v) is 11.8. The maximum Gasteiger partial charge on any atom is 0.307 e. The third-order valence-electron chi connectivity index (χ3n) is 7.17. The number of anilines is 3. The summed E-state index contributed by atoms with van der Waals surface area (Å²) < 4.78 is 0. The van der Waals surface area contributed by atoms with Gasteiger partial charge in [0.15, 0.2) is 0 Å². The first kappa shape index (κ1) is 31.1. The molecule has 0 radical (unpaired) electrons. The largest absolute Gasteiger partial charge is 0.481 e. The van der Waals surface area contributed by atoms with Crippen LogP contribution in [-0.4, -0.2) is 47.6 Å². The number of benzene rings is 3. The van der Waals surface area contributed by atoms with E-state index >= 15 is 0 Å². The van der Waals surface area contributed by atoms with Gasteiger partial charge in [-0.05, 0) is 59.9 Å². The van der Waals surface area contributed by atoms with Gasteiger partial charge in [0, 0.05) is 28.6 Å². The molecule has 0 saturated heterocycles. The number of carboxylic acids is 1. The molecule has 1 aliphatic rings. The molecule has 0 unspecified atom stereocenters. The van der Waals surface area contributed by atoms with Gasteiger partial charge in [-0.15, -0.1) is 11.8 Å². The molecule has 0 bridgehead atoms. The molecule has 42 heavy (non-hydrogen) atoms. The second-order valence-electron chi connectivity index (χ2n) is 10.3. The SMILES string of the molecule is CC[C@@H](C)CC(=O)Nc1ccc2c(c1)N(C(=O)CSc1ccccc1CC(=O)O)CC(=O)N2CCc1ccc(Cl)cc1.